The minimum absolute atomic E-state index is 0.0348. The largest absolute Gasteiger partial charge is 0.489 e. The fourth-order valence-corrected chi connectivity index (χ4v) is 3.57. The molecule has 1 atom stereocenters. The second kappa shape index (κ2) is 18.4. The summed E-state index contributed by atoms with van der Waals surface area (Å²) in [5.74, 6) is 0. The third-order valence-electron chi connectivity index (χ3n) is 4.17. The number of unbranched alkanes of at least 4 members (excludes halogenated alkanes) is 11. The van der Waals surface area contributed by atoms with Gasteiger partial charge in [0.1, 0.15) is 0 Å². The van der Waals surface area contributed by atoms with Crippen LogP contribution in [0.3, 0.4) is 0 Å². The van der Waals surface area contributed by atoms with Gasteiger partial charge in [-0.15, -0.1) is 0 Å². The van der Waals surface area contributed by atoms with E-state index in [1.165, 1.54) is 57.8 Å². The summed E-state index contributed by atoms with van der Waals surface area (Å²) in [6, 6.07) is 0. The standard InChI is InChI=1S/C18H40NO6P/c1-2-3-4-5-6-7-8-9-10-11-12-13-18-24-26(22,23)25-19(14-16-20)15-17-21/h20-21H,2-18H2,1H3,(H,22,23). The number of aliphatic hydroxyl groups excluding tert-OH is 2. The SMILES string of the molecule is CCCCCCCCCCCCCCOP(=O)(O)ON(CCO)CCO. The summed E-state index contributed by atoms with van der Waals surface area (Å²) in [5.41, 5.74) is 0. The quantitative estimate of drug-likeness (QED) is 0.162. The third-order valence-corrected chi connectivity index (χ3v) is 5.12. The van der Waals surface area contributed by atoms with Gasteiger partial charge in [-0.25, -0.2) is 4.57 Å². The number of aliphatic hydroxyl groups is 2. The molecule has 0 aliphatic heterocycles. The maximum absolute atomic E-state index is 11.8. The van der Waals surface area contributed by atoms with Crippen molar-refractivity contribution in [1.29, 1.82) is 0 Å². The van der Waals surface area contributed by atoms with E-state index in [4.69, 9.17) is 19.4 Å². The van der Waals surface area contributed by atoms with Gasteiger partial charge >= 0.3 is 7.82 Å². The monoisotopic (exact) mass is 397 g/mol. The maximum Gasteiger partial charge on any atom is 0.489 e. The van der Waals surface area contributed by atoms with Crippen LogP contribution in [0.5, 0.6) is 0 Å². The van der Waals surface area contributed by atoms with E-state index in [0.29, 0.717) is 6.42 Å². The highest BCUT2D eigenvalue weighted by molar-refractivity contribution is 7.47. The molecule has 0 aliphatic rings. The minimum atomic E-state index is -4.19. The lowest BCUT2D eigenvalue weighted by molar-refractivity contribution is -0.100. The van der Waals surface area contributed by atoms with Gasteiger partial charge in [0.15, 0.2) is 0 Å². The van der Waals surface area contributed by atoms with Crippen molar-refractivity contribution < 1.29 is 28.8 Å². The van der Waals surface area contributed by atoms with E-state index < -0.39 is 7.82 Å². The van der Waals surface area contributed by atoms with E-state index in [2.05, 4.69) is 6.92 Å². The molecule has 0 spiro atoms. The van der Waals surface area contributed by atoms with Crippen molar-refractivity contribution in [2.75, 3.05) is 32.9 Å². The van der Waals surface area contributed by atoms with Crippen LogP contribution in [-0.4, -0.2) is 53.1 Å². The van der Waals surface area contributed by atoms with Crippen molar-refractivity contribution >= 4 is 7.82 Å². The Labute approximate surface area is 159 Å². The molecule has 158 valence electrons. The lowest BCUT2D eigenvalue weighted by Crippen LogP contribution is -2.29. The Hall–Kier alpha value is -0.0100. The van der Waals surface area contributed by atoms with Gasteiger partial charge in [0.05, 0.1) is 19.8 Å². The van der Waals surface area contributed by atoms with Gasteiger partial charge in [-0.3, -0.25) is 4.52 Å². The number of phosphoric ester groups is 1. The van der Waals surface area contributed by atoms with Gasteiger partial charge in [0.25, 0.3) is 0 Å². The summed E-state index contributed by atoms with van der Waals surface area (Å²) in [5, 5.41) is 18.7. The fraction of sp³-hybridized carbons (Fsp3) is 1.00. The van der Waals surface area contributed by atoms with E-state index in [0.717, 1.165) is 17.9 Å². The normalized spacial score (nSPS) is 14.0. The van der Waals surface area contributed by atoms with Gasteiger partial charge in [-0.2, -0.15) is 9.69 Å². The molecule has 0 aromatic rings. The van der Waals surface area contributed by atoms with Crippen LogP contribution in [0.1, 0.15) is 84.0 Å². The van der Waals surface area contributed by atoms with Crippen molar-refractivity contribution in [2.24, 2.45) is 0 Å². The molecule has 0 fully saturated rings. The lowest BCUT2D eigenvalue weighted by Gasteiger charge is -2.22. The Kier molecular flexibility index (Phi) is 18.4. The fourth-order valence-electron chi connectivity index (χ4n) is 2.71. The van der Waals surface area contributed by atoms with Crippen LogP contribution >= 0.6 is 7.82 Å². The molecule has 0 heterocycles. The van der Waals surface area contributed by atoms with Crippen LogP contribution in [0.2, 0.25) is 0 Å². The maximum atomic E-state index is 11.8. The van der Waals surface area contributed by atoms with Gasteiger partial charge in [-0.1, -0.05) is 77.6 Å². The Balaban J connectivity index is 3.51. The van der Waals surface area contributed by atoms with Gasteiger partial charge < -0.3 is 15.1 Å². The molecule has 0 saturated heterocycles. The molecular formula is C18H40NO6P. The third kappa shape index (κ3) is 17.4. The average Bonchev–Trinajstić information content (AvgIpc) is 2.59. The van der Waals surface area contributed by atoms with Gasteiger partial charge in [0, 0.05) is 13.1 Å². The van der Waals surface area contributed by atoms with Crippen molar-refractivity contribution in [3.8, 4) is 0 Å². The van der Waals surface area contributed by atoms with Crippen LogP contribution < -0.4 is 0 Å². The van der Waals surface area contributed by atoms with Crippen LogP contribution in [0.15, 0.2) is 0 Å². The first-order valence-electron chi connectivity index (χ1n) is 10.2. The molecule has 0 radical (unpaired) electrons. The number of phosphoric acid groups is 1. The van der Waals surface area contributed by atoms with Crippen molar-refractivity contribution in [3.63, 3.8) is 0 Å². The second-order valence-corrected chi connectivity index (χ2v) is 8.01. The number of hydrogen-bond donors (Lipinski definition) is 3. The Morgan fingerprint density at radius 1 is 0.769 bits per heavy atom. The number of hydroxylamine groups is 2. The van der Waals surface area contributed by atoms with E-state index in [1.807, 2.05) is 0 Å². The summed E-state index contributed by atoms with van der Waals surface area (Å²) in [6.07, 6.45) is 14.6. The predicted molar refractivity (Wildman–Crippen MR) is 104 cm³/mol. The minimum Gasteiger partial charge on any atom is -0.395 e. The molecule has 0 aromatic carbocycles. The molecule has 3 N–H and O–H groups in total. The number of rotatable bonds is 20. The number of hydrogen-bond acceptors (Lipinski definition) is 6. The van der Waals surface area contributed by atoms with Crippen molar-refractivity contribution in [2.45, 2.75) is 84.0 Å². The first kappa shape index (κ1) is 26.0. The highest BCUT2D eigenvalue weighted by Gasteiger charge is 2.25. The van der Waals surface area contributed by atoms with Crippen molar-refractivity contribution in [1.82, 2.24) is 5.06 Å². The molecule has 0 rings (SSSR count). The average molecular weight is 397 g/mol. The molecule has 26 heavy (non-hydrogen) atoms. The molecule has 8 heteroatoms. The highest BCUT2D eigenvalue weighted by Crippen LogP contribution is 2.44. The molecule has 7 nitrogen and oxygen atoms in total. The van der Waals surface area contributed by atoms with Crippen LogP contribution in [-0.2, 0) is 13.7 Å². The van der Waals surface area contributed by atoms with Crippen LogP contribution in [0, 0.1) is 0 Å². The highest BCUT2D eigenvalue weighted by atomic mass is 31.2. The van der Waals surface area contributed by atoms with Crippen LogP contribution in [0.25, 0.3) is 0 Å². The summed E-state index contributed by atoms with van der Waals surface area (Å²) < 4.78 is 21.5. The lowest BCUT2D eigenvalue weighted by atomic mass is 10.1. The second-order valence-electron chi connectivity index (χ2n) is 6.65. The zero-order valence-electron chi connectivity index (χ0n) is 16.5. The first-order valence-corrected chi connectivity index (χ1v) is 11.7. The van der Waals surface area contributed by atoms with E-state index >= 15 is 0 Å². The first-order chi connectivity index (χ1) is 12.6. The summed E-state index contributed by atoms with van der Waals surface area (Å²) in [4.78, 5) is 9.62. The zero-order valence-corrected chi connectivity index (χ0v) is 17.4. The predicted octanol–water partition coefficient (Wildman–Crippen LogP) is 4.02. The smallest absolute Gasteiger partial charge is 0.395 e. The van der Waals surface area contributed by atoms with E-state index in [9.17, 15) is 9.46 Å². The summed E-state index contributed by atoms with van der Waals surface area (Å²) in [6.45, 7) is 2.00. The van der Waals surface area contributed by atoms with Gasteiger partial charge in [0.2, 0.25) is 0 Å². The molecule has 0 bridgehead atoms. The van der Waals surface area contributed by atoms with Crippen LogP contribution in [0.4, 0.5) is 0 Å². The van der Waals surface area contributed by atoms with Crippen molar-refractivity contribution in [3.05, 3.63) is 0 Å². The number of nitrogens with zero attached hydrogens (tertiary/aromatic N) is 1. The zero-order chi connectivity index (χ0) is 19.5. The Bertz CT molecular complexity index is 340. The Morgan fingerprint density at radius 2 is 1.19 bits per heavy atom. The summed E-state index contributed by atoms with van der Waals surface area (Å²) >= 11 is 0. The molecular weight excluding hydrogens is 357 g/mol. The molecule has 0 amide bonds. The Morgan fingerprint density at radius 3 is 1.62 bits per heavy atom. The van der Waals surface area contributed by atoms with E-state index in [1.54, 1.807) is 0 Å². The molecule has 0 saturated carbocycles. The van der Waals surface area contributed by atoms with Gasteiger partial charge in [-0.05, 0) is 6.42 Å². The summed E-state index contributed by atoms with van der Waals surface area (Å²) in [7, 11) is -4.19. The topological polar surface area (TPSA) is 99.5 Å². The molecule has 0 aliphatic carbocycles. The molecule has 1 unspecified atom stereocenters. The van der Waals surface area contributed by atoms with E-state index in [-0.39, 0.29) is 32.9 Å². The molecule has 0 aromatic heterocycles.